The molecular formula is C34H39ClFN3O5. The van der Waals surface area contributed by atoms with Crippen LogP contribution in [-0.2, 0) is 16.0 Å². The summed E-state index contributed by atoms with van der Waals surface area (Å²) in [6, 6.07) is 19.7. The smallest absolute Gasteiger partial charge is 0.260 e. The first kappa shape index (κ1) is 32.8. The zero-order valence-corrected chi connectivity index (χ0v) is 26.0. The van der Waals surface area contributed by atoms with E-state index in [0.29, 0.717) is 69.1 Å². The number of halogens is 2. The second-order valence-corrected chi connectivity index (χ2v) is 11.3. The molecule has 8 nitrogen and oxygen atoms in total. The van der Waals surface area contributed by atoms with Crippen molar-refractivity contribution in [3.05, 3.63) is 94.8 Å². The Hall–Kier alpha value is -4.11. The van der Waals surface area contributed by atoms with Gasteiger partial charge in [0.2, 0.25) is 5.91 Å². The highest BCUT2D eigenvalue weighted by Crippen LogP contribution is 2.26. The van der Waals surface area contributed by atoms with Crippen molar-refractivity contribution in [2.24, 2.45) is 0 Å². The highest BCUT2D eigenvalue weighted by atomic mass is 35.5. The van der Waals surface area contributed by atoms with Crippen LogP contribution in [0.1, 0.15) is 41.6 Å². The minimum atomic E-state index is -0.758. The normalized spacial score (nSPS) is 17.5. The molecule has 0 radical (unpaired) electrons. The summed E-state index contributed by atoms with van der Waals surface area (Å²) in [6.45, 7) is 1.42. The second-order valence-electron chi connectivity index (χ2n) is 10.9. The molecule has 0 unspecified atom stereocenters. The maximum absolute atomic E-state index is 14.0. The number of fused-ring (bicyclic) bond motifs is 1. The van der Waals surface area contributed by atoms with Gasteiger partial charge < -0.3 is 24.2 Å². The van der Waals surface area contributed by atoms with Crippen LogP contribution in [-0.4, -0.2) is 85.4 Å². The summed E-state index contributed by atoms with van der Waals surface area (Å²) in [5, 5.41) is 0.384. The van der Waals surface area contributed by atoms with E-state index in [0.717, 1.165) is 5.56 Å². The number of hydrogen-bond donors (Lipinski definition) is 0. The molecule has 1 heterocycles. The lowest BCUT2D eigenvalue weighted by Crippen LogP contribution is -2.49. The van der Waals surface area contributed by atoms with Gasteiger partial charge in [0, 0.05) is 45.2 Å². The Labute approximate surface area is 263 Å². The molecule has 0 N–H and O–H groups in total. The number of carbonyl (C=O) groups excluding carboxylic acids is 3. The van der Waals surface area contributed by atoms with Gasteiger partial charge in [0.1, 0.15) is 11.8 Å². The van der Waals surface area contributed by atoms with Crippen molar-refractivity contribution in [2.45, 2.75) is 38.1 Å². The molecule has 1 aliphatic heterocycles. The number of para-hydroxylation sites is 1. The Bertz CT molecular complexity index is 1420. The van der Waals surface area contributed by atoms with Crippen LogP contribution < -0.4 is 9.47 Å². The zero-order chi connectivity index (χ0) is 31.5. The average molecular weight is 624 g/mol. The van der Waals surface area contributed by atoms with Crippen molar-refractivity contribution in [3.63, 3.8) is 0 Å². The van der Waals surface area contributed by atoms with Crippen LogP contribution in [0.4, 0.5) is 4.39 Å². The Balaban J connectivity index is 1.53. The topological polar surface area (TPSA) is 79.4 Å². The first-order valence-electron chi connectivity index (χ1n) is 14.9. The molecule has 0 spiro atoms. The molecule has 10 heteroatoms. The van der Waals surface area contributed by atoms with Crippen LogP contribution in [0.15, 0.2) is 72.8 Å². The zero-order valence-electron chi connectivity index (χ0n) is 25.2. The molecule has 3 aromatic rings. The van der Waals surface area contributed by atoms with Gasteiger partial charge in [-0.1, -0.05) is 54.1 Å². The van der Waals surface area contributed by atoms with E-state index >= 15 is 0 Å². The van der Waals surface area contributed by atoms with Gasteiger partial charge in [-0.2, -0.15) is 0 Å². The van der Waals surface area contributed by atoms with Crippen LogP contribution in [0.5, 0.6) is 11.5 Å². The van der Waals surface area contributed by atoms with Crippen molar-refractivity contribution < 1.29 is 28.2 Å². The van der Waals surface area contributed by atoms with E-state index < -0.39 is 11.9 Å². The van der Waals surface area contributed by atoms with Gasteiger partial charge in [0.15, 0.2) is 18.2 Å². The lowest BCUT2D eigenvalue weighted by molar-refractivity contribution is -0.135. The maximum Gasteiger partial charge on any atom is 0.260 e. The van der Waals surface area contributed by atoms with Crippen LogP contribution in [0.2, 0.25) is 5.02 Å². The van der Waals surface area contributed by atoms with Crippen LogP contribution in [0.25, 0.3) is 0 Å². The van der Waals surface area contributed by atoms with Gasteiger partial charge in [-0.25, -0.2) is 4.39 Å². The predicted octanol–water partition coefficient (Wildman–Crippen LogP) is 5.48. The molecule has 234 valence electrons. The minimum absolute atomic E-state index is 0.0307. The largest absolute Gasteiger partial charge is 0.493 e. The highest BCUT2D eigenvalue weighted by molar-refractivity contribution is 6.31. The number of amides is 3. The third-order valence-corrected chi connectivity index (χ3v) is 7.92. The van der Waals surface area contributed by atoms with E-state index in [-0.39, 0.29) is 35.6 Å². The summed E-state index contributed by atoms with van der Waals surface area (Å²) in [5.41, 5.74) is 1.21. The molecule has 0 aromatic heterocycles. The first-order valence-corrected chi connectivity index (χ1v) is 15.3. The van der Waals surface area contributed by atoms with Gasteiger partial charge in [-0.15, -0.1) is 0 Å². The Morgan fingerprint density at radius 1 is 0.932 bits per heavy atom. The summed E-state index contributed by atoms with van der Waals surface area (Å²) in [6.07, 6.45) is 2.92. The molecule has 3 aromatic carbocycles. The standard InChI is InChI=1S/C34H39ClFN3O5/c1-37-18-8-9-19-39(32(40)24-44-31-15-7-6-14-28(31)36)20-10-11-21-43-30-17-16-26(35)23-27(30)33(41)38(2)29(34(37)42)22-25-12-4-3-5-13-25/h3-7,12-17,23,29H,8-11,18-22,24H2,1-2H3/t29-/m0/s1. The lowest BCUT2D eigenvalue weighted by Gasteiger charge is -2.31. The molecule has 0 saturated carbocycles. The van der Waals surface area contributed by atoms with E-state index in [4.69, 9.17) is 21.1 Å². The molecule has 44 heavy (non-hydrogen) atoms. The van der Waals surface area contributed by atoms with Crippen LogP contribution in [0, 0.1) is 5.82 Å². The molecule has 1 atom stereocenters. The van der Waals surface area contributed by atoms with E-state index in [1.54, 1.807) is 54.2 Å². The maximum atomic E-state index is 14.0. The van der Waals surface area contributed by atoms with Gasteiger partial charge in [-0.3, -0.25) is 14.4 Å². The second kappa shape index (κ2) is 16.1. The molecule has 4 rings (SSSR count). The van der Waals surface area contributed by atoms with Gasteiger partial charge in [0.25, 0.3) is 11.8 Å². The van der Waals surface area contributed by atoms with Gasteiger partial charge >= 0.3 is 0 Å². The third-order valence-electron chi connectivity index (χ3n) is 7.69. The summed E-state index contributed by atoms with van der Waals surface area (Å²) in [4.78, 5) is 45.6. The SMILES string of the molecule is CN1CCCCN(C(=O)COc2ccccc2F)CCCCOc2ccc(Cl)cc2C(=O)N(C)[C@@H](Cc2ccccc2)C1=O. The summed E-state index contributed by atoms with van der Waals surface area (Å²) < 4.78 is 25.5. The van der Waals surface area contributed by atoms with Crippen molar-refractivity contribution in [2.75, 3.05) is 46.9 Å². The molecule has 0 bridgehead atoms. The lowest BCUT2D eigenvalue weighted by atomic mass is 10.0. The quantitative estimate of drug-likeness (QED) is 0.376. The van der Waals surface area contributed by atoms with Crippen molar-refractivity contribution >= 4 is 29.3 Å². The fraction of sp³-hybridized carbons (Fsp3) is 0.382. The number of ether oxygens (including phenoxy) is 2. The Morgan fingerprint density at radius 2 is 1.61 bits per heavy atom. The van der Waals surface area contributed by atoms with Crippen LogP contribution >= 0.6 is 11.6 Å². The summed E-state index contributed by atoms with van der Waals surface area (Å²) in [5.74, 6) is -0.910. The van der Waals surface area contributed by atoms with Crippen LogP contribution in [0.3, 0.4) is 0 Å². The Kier molecular flexibility index (Phi) is 12.0. The fourth-order valence-corrected chi connectivity index (χ4v) is 5.28. The van der Waals surface area contributed by atoms with Gasteiger partial charge in [-0.05, 0) is 61.6 Å². The van der Waals surface area contributed by atoms with Gasteiger partial charge in [0.05, 0.1) is 12.2 Å². The third kappa shape index (κ3) is 8.95. The number of benzene rings is 3. The summed E-state index contributed by atoms with van der Waals surface area (Å²) >= 11 is 6.29. The monoisotopic (exact) mass is 623 g/mol. The van der Waals surface area contributed by atoms with E-state index in [1.807, 2.05) is 30.3 Å². The number of likely N-dealkylation sites (N-methyl/N-ethyl adjacent to an activating group) is 2. The molecule has 0 fully saturated rings. The molecular weight excluding hydrogens is 585 g/mol. The van der Waals surface area contributed by atoms with Crippen molar-refractivity contribution in [3.8, 4) is 11.5 Å². The number of hydrogen-bond acceptors (Lipinski definition) is 5. The number of nitrogens with zero attached hydrogens (tertiary/aromatic N) is 3. The average Bonchev–Trinajstić information content (AvgIpc) is 3.03. The van der Waals surface area contributed by atoms with E-state index in [9.17, 15) is 18.8 Å². The minimum Gasteiger partial charge on any atom is -0.493 e. The first-order chi connectivity index (χ1) is 21.2. The van der Waals surface area contributed by atoms with Crippen molar-refractivity contribution in [1.29, 1.82) is 0 Å². The molecule has 0 aliphatic carbocycles. The number of rotatable bonds is 5. The Morgan fingerprint density at radius 3 is 2.36 bits per heavy atom. The fourth-order valence-electron chi connectivity index (χ4n) is 5.11. The molecule has 1 aliphatic rings. The highest BCUT2D eigenvalue weighted by Gasteiger charge is 2.31. The molecule has 3 amide bonds. The summed E-state index contributed by atoms with van der Waals surface area (Å²) in [7, 11) is 3.36. The molecule has 0 saturated heterocycles. The van der Waals surface area contributed by atoms with E-state index in [2.05, 4.69) is 0 Å². The van der Waals surface area contributed by atoms with E-state index in [1.165, 1.54) is 17.0 Å². The predicted molar refractivity (Wildman–Crippen MR) is 168 cm³/mol. The van der Waals surface area contributed by atoms with Crippen molar-refractivity contribution in [1.82, 2.24) is 14.7 Å². The number of carbonyl (C=O) groups is 3.